The van der Waals surface area contributed by atoms with Crippen LogP contribution in [0.4, 0.5) is 10.8 Å². The highest BCUT2D eigenvalue weighted by Gasteiger charge is 2.13. The number of nitrogens with one attached hydrogen (secondary N) is 1. The van der Waals surface area contributed by atoms with E-state index in [0.717, 1.165) is 11.4 Å². The van der Waals surface area contributed by atoms with Gasteiger partial charge in [-0.1, -0.05) is 11.6 Å². The summed E-state index contributed by atoms with van der Waals surface area (Å²) >= 11 is 7.32. The van der Waals surface area contributed by atoms with Crippen LogP contribution in [0.1, 0.15) is 12.1 Å². The lowest BCUT2D eigenvalue weighted by Crippen LogP contribution is -2.17. The molecule has 10 heteroatoms. The van der Waals surface area contributed by atoms with Crippen molar-refractivity contribution in [3.8, 4) is 5.75 Å². The zero-order chi connectivity index (χ0) is 21.8. The Bertz CT molecular complexity index is 1260. The Hall–Kier alpha value is -3.30. The number of carbonyl (C=O) groups is 1. The first-order valence-corrected chi connectivity index (χ1v) is 10.6. The van der Waals surface area contributed by atoms with Crippen LogP contribution in [0.15, 0.2) is 57.1 Å². The molecule has 8 nitrogen and oxygen atoms in total. The molecular weight excluding hydrogens is 442 g/mol. The van der Waals surface area contributed by atoms with Gasteiger partial charge in [0.05, 0.1) is 24.7 Å². The van der Waals surface area contributed by atoms with E-state index >= 15 is 0 Å². The molecule has 0 atom stereocenters. The molecule has 0 aliphatic rings. The van der Waals surface area contributed by atoms with Gasteiger partial charge in [-0.25, -0.2) is 9.78 Å². The summed E-state index contributed by atoms with van der Waals surface area (Å²) in [6, 6.07) is 12.4. The number of hydrogen-bond acceptors (Lipinski definition) is 8. The van der Waals surface area contributed by atoms with Gasteiger partial charge in [-0.05, 0) is 36.4 Å². The summed E-state index contributed by atoms with van der Waals surface area (Å²) in [6.07, 6.45) is 0.0261. The molecule has 0 aliphatic carbocycles. The Kier molecular flexibility index (Phi) is 6.24. The highest BCUT2D eigenvalue weighted by Crippen LogP contribution is 2.23. The number of nitrogens with zero attached hydrogens (tertiary/aromatic N) is 2. The number of methoxy groups -OCH3 is 1. The molecular formula is C21H18ClN3O5S. The van der Waals surface area contributed by atoms with Gasteiger partial charge in [-0.15, -0.1) is 11.3 Å². The molecule has 0 saturated carbocycles. The van der Waals surface area contributed by atoms with Gasteiger partial charge >= 0.3 is 11.7 Å². The quantitative estimate of drug-likeness (QED) is 0.385. The van der Waals surface area contributed by atoms with E-state index in [1.165, 1.54) is 15.9 Å². The summed E-state index contributed by atoms with van der Waals surface area (Å²) in [6.45, 7) is 0.198. The van der Waals surface area contributed by atoms with Crippen LogP contribution in [-0.4, -0.2) is 22.6 Å². The summed E-state index contributed by atoms with van der Waals surface area (Å²) in [5, 5.41) is 6.16. The number of thiazole rings is 1. The standard InChI is InChI=1S/C21H18ClN3O5S/c1-28-16-5-3-14(4-6-16)23-20-24-15(12-31-20)11-29-19(26)8-9-25-17-7-2-13(22)10-18(17)30-21(25)27/h2-7,10,12H,8-9,11H2,1H3,(H,23,24). The van der Waals surface area contributed by atoms with Gasteiger partial charge in [0.1, 0.15) is 12.4 Å². The highest BCUT2D eigenvalue weighted by molar-refractivity contribution is 7.13. The molecule has 2 aromatic heterocycles. The second-order valence-corrected chi connectivity index (χ2v) is 7.83. The molecule has 0 amide bonds. The van der Waals surface area contributed by atoms with Crippen LogP contribution in [-0.2, 0) is 22.7 Å². The van der Waals surface area contributed by atoms with E-state index in [1.54, 1.807) is 25.3 Å². The van der Waals surface area contributed by atoms with Crippen molar-refractivity contribution in [3.05, 3.63) is 69.1 Å². The average Bonchev–Trinajstić information content (AvgIpc) is 3.34. The van der Waals surface area contributed by atoms with E-state index in [9.17, 15) is 9.59 Å². The SMILES string of the molecule is COc1ccc(Nc2nc(COC(=O)CCn3c(=O)oc4cc(Cl)ccc43)cs2)cc1. The number of carbonyl (C=O) groups excluding carboxylic acids is 1. The minimum Gasteiger partial charge on any atom is -0.497 e. The first-order valence-electron chi connectivity index (χ1n) is 9.32. The van der Waals surface area contributed by atoms with Crippen molar-refractivity contribution in [2.24, 2.45) is 0 Å². The van der Waals surface area contributed by atoms with Crippen molar-refractivity contribution >= 4 is 50.8 Å². The van der Waals surface area contributed by atoms with Gasteiger partial charge in [0.2, 0.25) is 0 Å². The third kappa shape index (κ3) is 5.07. The first-order chi connectivity index (χ1) is 15.0. The van der Waals surface area contributed by atoms with Gasteiger partial charge in [-0.3, -0.25) is 9.36 Å². The van der Waals surface area contributed by atoms with Crippen LogP contribution < -0.4 is 15.8 Å². The number of halogens is 1. The predicted octanol–water partition coefficient (Wildman–Crippen LogP) is 4.59. The zero-order valence-electron chi connectivity index (χ0n) is 16.5. The van der Waals surface area contributed by atoms with Gasteiger partial charge in [-0.2, -0.15) is 0 Å². The second-order valence-electron chi connectivity index (χ2n) is 6.54. The molecule has 160 valence electrons. The number of fused-ring (bicyclic) bond motifs is 1. The highest BCUT2D eigenvalue weighted by atomic mass is 35.5. The van der Waals surface area contributed by atoms with E-state index < -0.39 is 11.7 Å². The smallest absolute Gasteiger partial charge is 0.419 e. The molecule has 31 heavy (non-hydrogen) atoms. The topological polar surface area (TPSA) is 95.6 Å². The van der Waals surface area contributed by atoms with Gasteiger partial charge in [0.15, 0.2) is 10.7 Å². The fourth-order valence-electron chi connectivity index (χ4n) is 2.91. The van der Waals surface area contributed by atoms with Crippen LogP contribution in [0.25, 0.3) is 11.1 Å². The maximum absolute atomic E-state index is 12.1. The second kappa shape index (κ2) is 9.23. The number of oxazole rings is 1. The fourth-order valence-corrected chi connectivity index (χ4v) is 3.79. The molecule has 0 saturated heterocycles. The maximum atomic E-state index is 12.1. The first kappa shape index (κ1) is 21.0. The van der Waals surface area contributed by atoms with Crippen molar-refractivity contribution in [1.82, 2.24) is 9.55 Å². The molecule has 0 unspecified atom stereocenters. The number of aromatic nitrogens is 2. The van der Waals surface area contributed by atoms with Crippen LogP contribution in [0.2, 0.25) is 5.02 Å². The third-order valence-electron chi connectivity index (χ3n) is 4.44. The van der Waals surface area contributed by atoms with Crippen LogP contribution in [0.5, 0.6) is 5.75 Å². The van der Waals surface area contributed by atoms with Crippen molar-refractivity contribution in [2.45, 2.75) is 19.6 Å². The number of benzene rings is 2. The summed E-state index contributed by atoms with van der Waals surface area (Å²) in [4.78, 5) is 28.5. The number of ether oxygens (including phenoxy) is 2. The molecule has 0 radical (unpaired) electrons. The lowest BCUT2D eigenvalue weighted by Gasteiger charge is -2.05. The van der Waals surface area contributed by atoms with E-state index in [0.29, 0.717) is 26.9 Å². The third-order valence-corrected chi connectivity index (χ3v) is 5.49. The Morgan fingerprint density at radius 3 is 2.84 bits per heavy atom. The molecule has 4 rings (SSSR count). The molecule has 1 N–H and O–H groups in total. The van der Waals surface area contributed by atoms with Gasteiger partial charge in [0.25, 0.3) is 0 Å². The minimum atomic E-state index is -0.543. The fraction of sp³-hybridized carbons (Fsp3) is 0.190. The summed E-state index contributed by atoms with van der Waals surface area (Å²) in [5.41, 5.74) is 2.47. The summed E-state index contributed by atoms with van der Waals surface area (Å²) in [5.74, 6) is -0.210. The lowest BCUT2D eigenvalue weighted by atomic mass is 10.3. The van der Waals surface area contributed by atoms with Crippen molar-refractivity contribution < 1.29 is 18.7 Å². The summed E-state index contributed by atoms with van der Waals surface area (Å²) < 4.78 is 17.0. The monoisotopic (exact) mass is 459 g/mol. The maximum Gasteiger partial charge on any atom is 0.419 e. The zero-order valence-corrected chi connectivity index (χ0v) is 18.0. The van der Waals surface area contributed by atoms with E-state index in [4.69, 9.17) is 25.5 Å². The summed E-state index contributed by atoms with van der Waals surface area (Å²) in [7, 11) is 1.61. The van der Waals surface area contributed by atoms with Crippen LogP contribution in [0, 0.1) is 0 Å². The van der Waals surface area contributed by atoms with Crippen molar-refractivity contribution in [3.63, 3.8) is 0 Å². The molecule has 4 aromatic rings. The lowest BCUT2D eigenvalue weighted by molar-refractivity contribution is -0.145. The minimum absolute atomic E-state index is 0.0261. The van der Waals surface area contributed by atoms with Crippen LogP contribution >= 0.6 is 22.9 Å². The normalized spacial score (nSPS) is 10.9. The Morgan fingerprint density at radius 1 is 1.26 bits per heavy atom. The Balaban J connectivity index is 1.29. The number of aryl methyl sites for hydroxylation is 1. The number of esters is 1. The van der Waals surface area contributed by atoms with Crippen molar-refractivity contribution in [1.29, 1.82) is 0 Å². The largest absolute Gasteiger partial charge is 0.497 e. The number of hydrogen-bond donors (Lipinski definition) is 1. The molecule has 2 aromatic carbocycles. The Labute approximate surface area is 186 Å². The van der Waals surface area contributed by atoms with Gasteiger partial charge in [0, 0.05) is 28.7 Å². The van der Waals surface area contributed by atoms with Gasteiger partial charge < -0.3 is 19.2 Å². The predicted molar refractivity (Wildman–Crippen MR) is 118 cm³/mol. The molecule has 2 heterocycles. The van der Waals surface area contributed by atoms with Crippen LogP contribution in [0.3, 0.4) is 0 Å². The number of rotatable bonds is 8. The molecule has 0 aliphatic heterocycles. The molecule has 0 bridgehead atoms. The molecule has 0 spiro atoms. The Morgan fingerprint density at radius 2 is 2.06 bits per heavy atom. The van der Waals surface area contributed by atoms with E-state index in [-0.39, 0.29) is 19.6 Å². The van der Waals surface area contributed by atoms with E-state index in [1.807, 2.05) is 29.6 Å². The molecule has 0 fully saturated rings. The van der Waals surface area contributed by atoms with E-state index in [2.05, 4.69) is 10.3 Å². The average molecular weight is 460 g/mol. The number of anilines is 2. The van der Waals surface area contributed by atoms with Crippen molar-refractivity contribution in [2.75, 3.05) is 12.4 Å².